The third kappa shape index (κ3) is 2.81. The summed E-state index contributed by atoms with van der Waals surface area (Å²) in [6.45, 7) is 0. The monoisotopic (exact) mass is 324 g/mol. The van der Waals surface area contributed by atoms with Crippen LogP contribution in [0.2, 0.25) is 0 Å². The van der Waals surface area contributed by atoms with E-state index in [0.717, 1.165) is 15.8 Å². The third-order valence-electron chi connectivity index (χ3n) is 3.55. The van der Waals surface area contributed by atoms with Gasteiger partial charge >= 0.3 is 0 Å². The normalized spacial score (nSPS) is 10.5. The van der Waals surface area contributed by atoms with Crippen molar-refractivity contribution >= 4 is 16.8 Å². The molecule has 0 aliphatic rings. The van der Waals surface area contributed by atoms with Crippen molar-refractivity contribution in [3.63, 3.8) is 0 Å². The smallest absolute Gasteiger partial charge is 0.275 e. The van der Waals surface area contributed by atoms with Gasteiger partial charge in [-0.25, -0.2) is 4.68 Å². The Labute approximate surface area is 138 Å². The number of hydrogen-bond donors (Lipinski definition) is 0. The molecule has 0 saturated heterocycles. The molecule has 0 spiro atoms. The Hall–Kier alpha value is -2.72. The highest BCUT2D eigenvalue weighted by Crippen LogP contribution is 2.32. The minimum absolute atomic E-state index is 0.0609. The fraction of sp³-hybridized carbons (Fsp3) is 0.0556. The van der Waals surface area contributed by atoms with Gasteiger partial charge < -0.3 is 0 Å². The van der Waals surface area contributed by atoms with Gasteiger partial charge in [-0.05, 0) is 17.2 Å². The molecule has 0 fully saturated rings. The lowest BCUT2D eigenvalue weighted by Crippen LogP contribution is -2.27. The minimum Gasteiger partial charge on any atom is -0.275 e. The molecule has 5 heteroatoms. The summed E-state index contributed by atoms with van der Waals surface area (Å²) in [5.74, 6) is 0. The molecule has 0 aliphatic heterocycles. The average molecular weight is 325 g/mol. The Morgan fingerprint density at radius 3 is 2.00 bits per heavy atom. The Morgan fingerprint density at radius 2 is 1.48 bits per heavy atom. The molecular weight excluding hydrogens is 312 g/mol. The highest BCUT2D eigenvalue weighted by Gasteiger charge is 2.22. The van der Waals surface area contributed by atoms with E-state index in [0.29, 0.717) is 11.3 Å². The summed E-state index contributed by atoms with van der Waals surface area (Å²) in [6, 6.07) is 18.6. The number of carbonyl (C=O) groups excluding carboxylic acids is 1. The van der Waals surface area contributed by atoms with Crippen molar-refractivity contribution in [1.29, 1.82) is 0 Å². The SMILES string of the molecule is Cn1nc(-c2ccccc2)c(-c2ccccc2)c(C(=O)Cl)c1=O. The zero-order valence-corrected chi connectivity index (χ0v) is 13.1. The van der Waals surface area contributed by atoms with Crippen LogP contribution in [0.5, 0.6) is 0 Å². The second-order valence-corrected chi connectivity index (χ2v) is 5.38. The second-order valence-electron chi connectivity index (χ2n) is 5.03. The topological polar surface area (TPSA) is 52.0 Å². The van der Waals surface area contributed by atoms with Crippen molar-refractivity contribution in [3.8, 4) is 22.4 Å². The fourth-order valence-corrected chi connectivity index (χ4v) is 2.67. The zero-order chi connectivity index (χ0) is 16.4. The maximum atomic E-state index is 12.4. The van der Waals surface area contributed by atoms with Crippen LogP contribution in [0, 0.1) is 0 Å². The number of benzene rings is 2. The first kappa shape index (κ1) is 15.2. The summed E-state index contributed by atoms with van der Waals surface area (Å²) >= 11 is 5.71. The second kappa shape index (κ2) is 6.18. The van der Waals surface area contributed by atoms with Crippen LogP contribution in [0.25, 0.3) is 22.4 Å². The van der Waals surface area contributed by atoms with Gasteiger partial charge in [0.1, 0.15) is 5.56 Å². The van der Waals surface area contributed by atoms with Crippen LogP contribution in [0.15, 0.2) is 65.5 Å². The van der Waals surface area contributed by atoms with E-state index < -0.39 is 10.8 Å². The van der Waals surface area contributed by atoms with Crippen LogP contribution in [0.3, 0.4) is 0 Å². The van der Waals surface area contributed by atoms with E-state index in [1.165, 1.54) is 7.05 Å². The number of halogens is 1. The molecule has 2 aromatic carbocycles. The Balaban J connectivity index is 2.45. The molecule has 0 bridgehead atoms. The molecule has 1 aromatic heterocycles. The van der Waals surface area contributed by atoms with Gasteiger partial charge in [0.15, 0.2) is 0 Å². The van der Waals surface area contributed by atoms with Gasteiger partial charge in [-0.3, -0.25) is 9.59 Å². The minimum atomic E-state index is -0.788. The number of rotatable bonds is 3. The van der Waals surface area contributed by atoms with E-state index in [1.807, 2.05) is 60.7 Å². The van der Waals surface area contributed by atoms with Crippen LogP contribution < -0.4 is 5.56 Å². The maximum Gasteiger partial charge on any atom is 0.279 e. The molecule has 4 nitrogen and oxygen atoms in total. The lowest BCUT2D eigenvalue weighted by atomic mass is 9.96. The Kier molecular flexibility index (Phi) is 4.08. The van der Waals surface area contributed by atoms with E-state index in [4.69, 9.17) is 11.6 Å². The molecule has 0 aliphatic carbocycles. The first-order valence-corrected chi connectivity index (χ1v) is 7.39. The van der Waals surface area contributed by atoms with Crippen molar-refractivity contribution in [2.24, 2.45) is 7.05 Å². The van der Waals surface area contributed by atoms with Crippen LogP contribution >= 0.6 is 11.6 Å². The molecule has 0 unspecified atom stereocenters. The first-order chi connectivity index (χ1) is 11.1. The van der Waals surface area contributed by atoms with Crippen molar-refractivity contribution in [3.05, 3.63) is 76.6 Å². The number of carbonyl (C=O) groups is 1. The van der Waals surface area contributed by atoms with Gasteiger partial charge in [0.05, 0.1) is 5.69 Å². The van der Waals surface area contributed by atoms with E-state index in [1.54, 1.807) is 0 Å². The van der Waals surface area contributed by atoms with Crippen LogP contribution in [0.4, 0.5) is 0 Å². The molecule has 23 heavy (non-hydrogen) atoms. The highest BCUT2D eigenvalue weighted by molar-refractivity contribution is 6.68. The summed E-state index contributed by atoms with van der Waals surface area (Å²) in [5.41, 5.74) is 1.96. The van der Waals surface area contributed by atoms with Gasteiger partial charge in [0, 0.05) is 18.2 Å². The van der Waals surface area contributed by atoms with Crippen LogP contribution in [-0.4, -0.2) is 15.0 Å². The zero-order valence-electron chi connectivity index (χ0n) is 12.4. The number of nitrogens with zero attached hydrogens (tertiary/aromatic N) is 2. The van der Waals surface area contributed by atoms with E-state index in [2.05, 4.69) is 5.10 Å². The average Bonchev–Trinajstić information content (AvgIpc) is 2.58. The summed E-state index contributed by atoms with van der Waals surface area (Å²) in [4.78, 5) is 24.3. The van der Waals surface area contributed by atoms with Crippen molar-refractivity contribution in [2.45, 2.75) is 0 Å². The van der Waals surface area contributed by atoms with E-state index in [9.17, 15) is 9.59 Å². The standard InChI is InChI=1S/C18H13ClN2O2/c1-21-18(23)15(17(19)22)14(12-8-4-2-5-9-12)16(20-21)13-10-6-3-7-11-13/h2-11H,1H3. The van der Waals surface area contributed by atoms with Crippen LogP contribution in [-0.2, 0) is 7.05 Å². The molecular formula is C18H13ClN2O2. The number of aryl methyl sites for hydroxylation is 1. The van der Waals surface area contributed by atoms with Crippen molar-refractivity contribution in [1.82, 2.24) is 9.78 Å². The summed E-state index contributed by atoms with van der Waals surface area (Å²) in [6.07, 6.45) is 0. The molecule has 114 valence electrons. The van der Waals surface area contributed by atoms with Gasteiger partial charge in [-0.2, -0.15) is 5.10 Å². The molecule has 0 amide bonds. The molecule has 3 rings (SSSR count). The van der Waals surface area contributed by atoms with Gasteiger partial charge in [-0.1, -0.05) is 60.7 Å². The highest BCUT2D eigenvalue weighted by atomic mass is 35.5. The number of hydrogen-bond acceptors (Lipinski definition) is 3. The lowest BCUT2D eigenvalue weighted by Gasteiger charge is -2.13. The van der Waals surface area contributed by atoms with E-state index in [-0.39, 0.29) is 5.56 Å². The summed E-state index contributed by atoms with van der Waals surface area (Å²) in [5, 5.41) is 3.57. The van der Waals surface area contributed by atoms with Crippen molar-refractivity contribution in [2.75, 3.05) is 0 Å². The van der Waals surface area contributed by atoms with Gasteiger partial charge in [0.25, 0.3) is 10.8 Å². The Morgan fingerprint density at radius 1 is 0.957 bits per heavy atom. The molecule has 0 N–H and O–H groups in total. The molecule has 0 saturated carbocycles. The van der Waals surface area contributed by atoms with Crippen LogP contribution in [0.1, 0.15) is 10.4 Å². The maximum absolute atomic E-state index is 12.4. The Bertz CT molecular complexity index is 919. The fourth-order valence-electron chi connectivity index (χ4n) is 2.50. The largest absolute Gasteiger partial charge is 0.279 e. The number of aromatic nitrogens is 2. The summed E-state index contributed by atoms with van der Waals surface area (Å²) in [7, 11) is 1.51. The summed E-state index contributed by atoms with van der Waals surface area (Å²) < 4.78 is 1.14. The predicted molar refractivity (Wildman–Crippen MR) is 90.5 cm³/mol. The van der Waals surface area contributed by atoms with E-state index >= 15 is 0 Å². The molecule has 0 radical (unpaired) electrons. The predicted octanol–water partition coefficient (Wildman–Crippen LogP) is 3.49. The third-order valence-corrected chi connectivity index (χ3v) is 3.74. The molecule has 0 atom stereocenters. The van der Waals surface area contributed by atoms with Gasteiger partial charge in [0.2, 0.25) is 0 Å². The first-order valence-electron chi connectivity index (χ1n) is 7.01. The van der Waals surface area contributed by atoms with Crippen molar-refractivity contribution < 1.29 is 4.79 Å². The van der Waals surface area contributed by atoms with Gasteiger partial charge in [-0.15, -0.1) is 0 Å². The lowest BCUT2D eigenvalue weighted by molar-refractivity contribution is 0.108. The molecule has 1 heterocycles. The molecule has 3 aromatic rings. The quantitative estimate of drug-likeness (QED) is 0.693.